The van der Waals surface area contributed by atoms with Crippen LogP contribution in [0.4, 0.5) is 11.4 Å². The molecule has 6 aromatic rings. The number of nitrogens with zero attached hydrogens (tertiary/aromatic N) is 2. The number of hydrogen-bond acceptors (Lipinski definition) is 18. The van der Waals surface area contributed by atoms with Crippen molar-refractivity contribution in [2.75, 3.05) is 80.3 Å². The molecule has 22 nitrogen and oxygen atoms in total. The zero-order valence-corrected chi connectivity index (χ0v) is 44.0. The predicted molar refractivity (Wildman–Crippen MR) is 280 cm³/mol. The lowest BCUT2D eigenvalue weighted by molar-refractivity contribution is -0.385. The molecule has 2 amide bonds. The van der Waals surface area contributed by atoms with E-state index in [4.69, 9.17) is 37.9 Å². The summed E-state index contributed by atoms with van der Waals surface area (Å²) in [6, 6.07) is 25.0. The van der Waals surface area contributed by atoms with Gasteiger partial charge in [-0.1, -0.05) is 36.4 Å². The Balaban J connectivity index is 1.29. The van der Waals surface area contributed by atoms with Gasteiger partial charge in [0.2, 0.25) is 0 Å². The molecule has 0 saturated heterocycles. The van der Waals surface area contributed by atoms with Gasteiger partial charge in [0, 0.05) is 61.1 Å². The molecule has 0 aromatic heterocycles. The number of para-hydroxylation sites is 2. The van der Waals surface area contributed by atoms with Crippen molar-refractivity contribution in [3.63, 3.8) is 0 Å². The summed E-state index contributed by atoms with van der Waals surface area (Å²) in [5.41, 5.74) is 3.32. The summed E-state index contributed by atoms with van der Waals surface area (Å²) in [4.78, 5) is 49.1. The summed E-state index contributed by atoms with van der Waals surface area (Å²) in [7, 11) is -6.16. The highest BCUT2D eigenvalue weighted by Crippen LogP contribution is 2.40. The first-order chi connectivity index (χ1) is 37.5. The van der Waals surface area contributed by atoms with E-state index in [-0.39, 0.29) is 111 Å². The molecule has 0 unspecified atom stereocenters. The van der Waals surface area contributed by atoms with Gasteiger partial charge in [0.25, 0.3) is 43.2 Å². The van der Waals surface area contributed by atoms with E-state index < -0.39 is 41.7 Å². The maximum absolute atomic E-state index is 14.3. The van der Waals surface area contributed by atoms with Crippen molar-refractivity contribution in [2.24, 2.45) is 0 Å². The fourth-order valence-corrected chi connectivity index (χ4v) is 10.9. The number of nitro groups is 2. The molecule has 410 valence electrons. The van der Waals surface area contributed by atoms with Crippen molar-refractivity contribution in [1.29, 1.82) is 0 Å². The van der Waals surface area contributed by atoms with E-state index in [9.17, 15) is 46.7 Å². The SMILES string of the molecule is COc1c2cccc1Cc1cc(C(=O)NS(=O)(=O)c3ccc([N+](=O)[O-])cc3)cc3c1OCCOCCOCCOCCOCCOc1c(cc(C(=O)NS(=O)(=O)c4ccc([N+](=O)[O-])cc4)cc1Cc1cccc(c1OC)C3)C2. The zero-order chi connectivity index (χ0) is 55.4. The number of fused-ring (bicyclic) bond motifs is 2. The number of methoxy groups -OCH3 is 2. The van der Waals surface area contributed by atoms with Crippen LogP contribution in [0.1, 0.15) is 65.2 Å². The molecule has 1 heterocycles. The quantitative estimate of drug-likeness (QED) is 0.113. The van der Waals surface area contributed by atoms with Crippen molar-refractivity contribution in [3.8, 4) is 23.0 Å². The van der Waals surface area contributed by atoms with Gasteiger partial charge in [-0.15, -0.1) is 0 Å². The molecular weight excluding hydrogens is 1060 g/mol. The molecule has 2 N–H and O–H groups in total. The van der Waals surface area contributed by atoms with Gasteiger partial charge >= 0.3 is 0 Å². The third kappa shape index (κ3) is 13.7. The third-order valence-corrected chi connectivity index (χ3v) is 15.2. The predicted octanol–water partition coefficient (Wildman–Crippen LogP) is 6.27. The van der Waals surface area contributed by atoms with Gasteiger partial charge in [-0.05, 0) is 93.0 Å². The van der Waals surface area contributed by atoms with E-state index in [1.54, 1.807) is 36.4 Å². The van der Waals surface area contributed by atoms with Crippen molar-refractivity contribution in [1.82, 2.24) is 9.44 Å². The van der Waals surface area contributed by atoms with Crippen LogP contribution in [0.15, 0.2) is 119 Å². The first kappa shape index (κ1) is 56.2. The van der Waals surface area contributed by atoms with E-state index in [1.807, 2.05) is 0 Å². The molecule has 24 heteroatoms. The number of carbonyl (C=O) groups is 2. The number of amides is 2. The van der Waals surface area contributed by atoms with Gasteiger partial charge in [0.05, 0.1) is 86.7 Å². The first-order valence-electron chi connectivity index (χ1n) is 24.4. The highest BCUT2D eigenvalue weighted by atomic mass is 32.2. The van der Waals surface area contributed by atoms with Crippen LogP contribution < -0.4 is 28.4 Å². The topological polar surface area (TPSA) is 287 Å². The molecule has 0 atom stereocenters. The average molecular weight is 1110 g/mol. The summed E-state index contributed by atoms with van der Waals surface area (Å²) in [5.74, 6) is -0.499. The molecule has 0 saturated carbocycles. The highest BCUT2D eigenvalue weighted by Gasteiger charge is 2.28. The largest absolute Gasteiger partial charge is 0.496 e. The van der Waals surface area contributed by atoms with E-state index >= 15 is 0 Å². The van der Waals surface area contributed by atoms with Gasteiger partial charge in [0.1, 0.15) is 36.2 Å². The van der Waals surface area contributed by atoms with Crippen molar-refractivity contribution >= 4 is 43.2 Å². The lowest BCUT2D eigenvalue weighted by atomic mass is 9.89. The van der Waals surface area contributed by atoms with Gasteiger partial charge in [0.15, 0.2) is 0 Å². The lowest BCUT2D eigenvalue weighted by Gasteiger charge is -2.23. The zero-order valence-electron chi connectivity index (χ0n) is 42.4. The Morgan fingerprint density at radius 2 is 0.731 bits per heavy atom. The Hall–Kier alpha value is -8.00. The molecule has 0 radical (unpaired) electrons. The third-order valence-electron chi connectivity index (χ3n) is 12.5. The Morgan fingerprint density at radius 3 is 1.00 bits per heavy atom. The van der Waals surface area contributed by atoms with Crippen LogP contribution in [-0.4, -0.2) is 119 Å². The molecule has 0 spiro atoms. The maximum atomic E-state index is 14.3. The van der Waals surface area contributed by atoms with Crippen molar-refractivity contribution in [2.45, 2.75) is 35.5 Å². The normalized spacial score (nSPS) is 14.8. The molecule has 1 aliphatic carbocycles. The smallest absolute Gasteiger partial charge is 0.269 e. The first-order valence-corrected chi connectivity index (χ1v) is 27.3. The minimum Gasteiger partial charge on any atom is -0.496 e. The maximum Gasteiger partial charge on any atom is 0.269 e. The summed E-state index contributed by atoms with van der Waals surface area (Å²) >= 11 is 0. The lowest BCUT2D eigenvalue weighted by Crippen LogP contribution is -2.31. The van der Waals surface area contributed by atoms with Crippen molar-refractivity contribution in [3.05, 3.63) is 185 Å². The Bertz CT molecular complexity index is 3110. The van der Waals surface area contributed by atoms with Gasteiger partial charge < -0.3 is 37.9 Å². The minimum atomic E-state index is -4.56. The summed E-state index contributed by atoms with van der Waals surface area (Å²) in [6.07, 6.45) is 0.160. The Kier molecular flexibility index (Phi) is 18.3. The van der Waals surface area contributed by atoms with Crippen LogP contribution in [0.25, 0.3) is 0 Å². The number of ether oxygens (including phenoxy) is 8. The molecule has 0 fully saturated rings. The van der Waals surface area contributed by atoms with Crippen LogP contribution >= 0.6 is 0 Å². The van der Waals surface area contributed by atoms with Crippen LogP contribution in [0.5, 0.6) is 23.0 Å². The number of sulfonamides is 2. The average Bonchev–Trinajstić information content (AvgIpc) is 3.50. The Morgan fingerprint density at radius 1 is 0.449 bits per heavy atom. The van der Waals surface area contributed by atoms with Crippen LogP contribution in [0.3, 0.4) is 0 Å². The number of nitrogens with one attached hydrogen (secondary N) is 2. The molecule has 8 rings (SSSR count). The van der Waals surface area contributed by atoms with Crippen molar-refractivity contribution < 1.29 is 74.2 Å². The molecule has 10 bridgehead atoms. The van der Waals surface area contributed by atoms with E-state index in [2.05, 4.69) is 9.44 Å². The molecule has 6 aromatic carbocycles. The Labute approximate surface area is 448 Å². The van der Waals surface area contributed by atoms with Gasteiger partial charge in [-0.3, -0.25) is 29.8 Å². The fourth-order valence-electron chi connectivity index (χ4n) is 8.99. The number of hydrogen-bond donors (Lipinski definition) is 2. The second-order valence-corrected chi connectivity index (χ2v) is 21.1. The van der Waals surface area contributed by atoms with Gasteiger partial charge in [-0.2, -0.15) is 0 Å². The summed E-state index contributed by atoms with van der Waals surface area (Å²) < 4.78 is 107. The summed E-state index contributed by atoms with van der Waals surface area (Å²) in [5, 5.41) is 22.7. The number of benzene rings is 6. The standard InChI is InChI=1S/C54H54N4O18S2/c1-69-49-35-5-3-6-36(49)28-40-32-44(54(60)56-78(67,68)48-15-11-46(12-16-48)58(63)64)34-42-30-38-8-4-7-37(50(38)70-2)29-41-33-43(53(59)55-77(65,66)47-13-9-45(10-14-47)57(61)62)31-39(27-35)51(41)75-25-23-73-21-19-71-17-18-72-20-22-74-24-26-76-52(40)42/h3-16,31-34H,17-30H2,1-2H3,(H,55,59)(H,56,60). The molecular formula is C54H54N4O18S2. The van der Waals surface area contributed by atoms with Gasteiger partial charge in [-0.25, -0.2) is 26.3 Å². The van der Waals surface area contributed by atoms with Crippen LogP contribution in [0.2, 0.25) is 0 Å². The number of carbonyl (C=O) groups excluding carboxylic acids is 2. The number of non-ortho nitro benzene ring substituents is 2. The van der Waals surface area contributed by atoms with E-state index in [0.717, 1.165) is 48.5 Å². The number of nitro benzene ring substituents is 2. The highest BCUT2D eigenvalue weighted by molar-refractivity contribution is 7.90. The number of rotatable bonds is 10. The van der Waals surface area contributed by atoms with E-state index in [1.165, 1.54) is 38.5 Å². The molecule has 78 heavy (non-hydrogen) atoms. The van der Waals surface area contributed by atoms with Crippen LogP contribution in [0, 0.1) is 20.2 Å². The van der Waals surface area contributed by atoms with E-state index in [0.29, 0.717) is 80.7 Å². The second-order valence-electron chi connectivity index (χ2n) is 17.7. The molecule has 1 aliphatic heterocycles. The van der Waals surface area contributed by atoms with Crippen LogP contribution in [-0.2, 0) is 64.7 Å². The second kappa shape index (κ2) is 25.4. The monoisotopic (exact) mass is 1110 g/mol. The molecule has 2 aliphatic rings. The minimum absolute atomic E-state index is 0.0401. The fraction of sp³-hybridized carbons (Fsp3) is 0.296. The summed E-state index contributed by atoms with van der Waals surface area (Å²) in [6.45, 7) is 2.03.